The Kier molecular flexibility index (Phi) is 3.68. The number of methoxy groups -OCH3 is 1. The third-order valence-corrected chi connectivity index (χ3v) is 4.19. The zero-order valence-corrected chi connectivity index (χ0v) is 13.0. The van der Waals surface area contributed by atoms with Crippen molar-refractivity contribution in [2.75, 3.05) is 7.11 Å². The van der Waals surface area contributed by atoms with E-state index in [0.29, 0.717) is 5.56 Å². The molecule has 0 amide bonds. The maximum Gasteiger partial charge on any atom is 0.338 e. The van der Waals surface area contributed by atoms with Gasteiger partial charge in [-0.25, -0.2) is 4.79 Å². The molecule has 0 heterocycles. The van der Waals surface area contributed by atoms with Crippen molar-refractivity contribution in [1.82, 2.24) is 0 Å². The third kappa shape index (κ3) is 2.17. The average Bonchev–Trinajstić information content (AvgIpc) is 2.58. The minimum atomic E-state index is -0.287. The fraction of sp³-hybridized carbons (Fsp3) is 0.150. The predicted molar refractivity (Wildman–Crippen MR) is 90.2 cm³/mol. The molecule has 0 radical (unpaired) electrons. The Morgan fingerprint density at radius 2 is 1.36 bits per heavy atom. The van der Waals surface area contributed by atoms with Gasteiger partial charge in [-0.3, -0.25) is 0 Å². The lowest BCUT2D eigenvalue weighted by atomic mass is 9.87. The smallest absolute Gasteiger partial charge is 0.338 e. The van der Waals surface area contributed by atoms with E-state index in [9.17, 15) is 4.79 Å². The number of hydrogen-bond donors (Lipinski definition) is 0. The Hall–Kier alpha value is -2.61. The fourth-order valence-electron chi connectivity index (χ4n) is 3.10. The molecular formula is C20H18O2. The van der Waals surface area contributed by atoms with Crippen LogP contribution in [0.25, 0.3) is 21.9 Å². The molecule has 110 valence electrons. The van der Waals surface area contributed by atoms with E-state index in [2.05, 4.69) is 19.1 Å². The molecule has 3 aromatic carbocycles. The molecule has 0 unspecified atom stereocenters. The zero-order valence-electron chi connectivity index (χ0n) is 13.0. The molecule has 0 aliphatic rings. The summed E-state index contributed by atoms with van der Waals surface area (Å²) < 4.78 is 5.04. The molecular weight excluding hydrogens is 272 g/mol. The highest BCUT2D eigenvalue weighted by molar-refractivity contribution is 6.07. The lowest BCUT2D eigenvalue weighted by Crippen LogP contribution is -2.08. The van der Waals surface area contributed by atoms with Gasteiger partial charge in [-0.2, -0.15) is 0 Å². The second-order valence-electron chi connectivity index (χ2n) is 5.40. The van der Waals surface area contributed by atoms with Crippen molar-refractivity contribution in [3.05, 3.63) is 71.3 Å². The van der Waals surface area contributed by atoms with Crippen LogP contribution in [0.3, 0.4) is 0 Å². The van der Waals surface area contributed by atoms with Crippen LogP contribution in [-0.4, -0.2) is 13.1 Å². The van der Waals surface area contributed by atoms with Gasteiger partial charge < -0.3 is 4.74 Å². The lowest BCUT2D eigenvalue weighted by Gasteiger charge is -2.18. The summed E-state index contributed by atoms with van der Waals surface area (Å²) in [5, 5.41) is 2.27. The summed E-state index contributed by atoms with van der Waals surface area (Å²) in [6.07, 6.45) is 0. The Balaban J connectivity index is 2.48. The van der Waals surface area contributed by atoms with E-state index in [1.54, 1.807) is 0 Å². The van der Waals surface area contributed by atoms with Gasteiger partial charge in [0.1, 0.15) is 0 Å². The number of carbonyl (C=O) groups is 1. The van der Waals surface area contributed by atoms with Crippen LogP contribution in [0, 0.1) is 13.8 Å². The van der Waals surface area contributed by atoms with Gasteiger partial charge in [0.15, 0.2) is 0 Å². The van der Waals surface area contributed by atoms with Crippen molar-refractivity contribution < 1.29 is 9.53 Å². The Labute approximate surface area is 130 Å². The van der Waals surface area contributed by atoms with E-state index < -0.39 is 0 Å². The lowest BCUT2D eigenvalue weighted by molar-refractivity contribution is 0.0601. The quantitative estimate of drug-likeness (QED) is 0.627. The van der Waals surface area contributed by atoms with Gasteiger partial charge in [-0.1, -0.05) is 54.6 Å². The number of rotatable bonds is 2. The zero-order chi connectivity index (χ0) is 15.7. The van der Waals surface area contributed by atoms with Crippen LogP contribution in [0.15, 0.2) is 54.6 Å². The van der Waals surface area contributed by atoms with Gasteiger partial charge in [0.25, 0.3) is 0 Å². The molecule has 0 aliphatic heterocycles. The first-order chi connectivity index (χ1) is 10.6. The summed E-state index contributed by atoms with van der Waals surface area (Å²) in [5.74, 6) is -0.287. The number of carbonyl (C=O) groups excluding carboxylic acids is 1. The molecule has 3 aromatic rings. The van der Waals surface area contributed by atoms with Crippen LogP contribution in [0.4, 0.5) is 0 Å². The molecule has 0 N–H and O–H groups in total. The van der Waals surface area contributed by atoms with E-state index in [4.69, 9.17) is 4.74 Å². The minimum Gasteiger partial charge on any atom is -0.465 e. The van der Waals surface area contributed by atoms with E-state index in [0.717, 1.165) is 27.6 Å². The second-order valence-corrected chi connectivity index (χ2v) is 5.40. The average molecular weight is 290 g/mol. The standard InChI is InChI=1S/C20H18O2/c1-13-16-11-7-8-12-17(16)14(2)19(20(21)22-3)18(13)15-9-5-4-6-10-15/h4-12H,1-3H3. The first-order valence-corrected chi connectivity index (χ1v) is 7.30. The van der Waals surface area contributed by atoms with Crippen LogP contribution >= 0.6 is 0 Å². The van der Waals surface area contributed by atoms with Crippen LogP contribution in [0.2, 0.25) is 0 Å². The first-order valence-electron chi connectivity index (χ1n) is 7.30. The van der Waals surface area contributed by atoms with Crippen molar-refractivity contribution in [2.24, 2.45) is 0 Å². The van der Waals surface area contributed by atoms with E-state index in [1.807, 2.05) is 49.4 Å². The predicted octanol–water partition coefficient (Wildman–Crippen LogP) is 4.91. The number of ether oxygens (including phenoxy) is 1. The van der Waals surface area contributed by atoms with Crippen molar-refractivity contribution in [1.29, 1.82) is 0 Å². The maximum absolute atomic E-state index is 12.4. The summed E-state index contributed by atoms with van der Waals surface area (Å²) in [6.45, 7) is 4.05. The SMILES string of the molecule is COC(=O)c1c(-c2ccccc2)c(C)c2ccccc2c1C. The summed E-state index contributed by atoms with van der Waals surface area (Å²) >= 11 is 0. The van der Waals surface area contributed by atoms with Crippen molar-refractivity contribution >= 4 is 16.7 Å². The molecule has 22 heavy (non-hydrogen) atoms. The van der Waals surface area contributed by atoms with Crippen molar-refractivity contribution in [3.8, 4) is 11.1 Å². The monoisotopic (exact) mass is 290 g/mol. The van der Waals surface area contributed by atoms with Crippen molar-refractivity contribution in [2.45, 2.75) is 13.8 Å². The molecule has 3 rings (SSSR count). The molecule has 0 bridgehead atoms. The Morgan fingerprint density at radius 3 is 1.95 bits per heavy atom. The fourth-order valence-corrected chi connectivity index (χ4v) is 3.10. The van der Waals surface area contributed by atoms with E-state index >= 15 is 0 Å². The Morgan fingerprint density at radius 1 is 0.818 bits per heavy atom. The highest BCUT2D eigenvalue weighted by Gasteiger charge is 2.21. The van der Waals surface area contributed by atoms with Gasteiger partial charge >= 0.3 is 5.97 Å². The molecule has 0 fully saturated rings. The van der Waals surface area contributed by atoms with Crippen molar-refractivity contribution in [3.63, 3.8) is 0 Å². The molecule has 0 saturated heterocycles. The van der Waals surface area contributed by atoms with Crippen LogP contribution < -0.4 is 0 Å². The highest BCUT2D eigenvalue weighted by Crippen LogP contribution is 2.36. The topological polar surface area (TPSA) is 26.3 Å². The molecule has 0 saturated carbocycles. The molecule has 0 aromatic heterocycles. The molecule has 2 nitrogen and oxygen atoms in total. The van der Waals surface area contributed by atoms with Crippen LogP contribution in [0.5, 0.6) is 0 Å². The van der Waals surface area contributed by atoms with Gasteiger partial charge in [0, 0.05) is 0 Å². The summed E-state index contributed by atoms with van der Waals surface area (Å²) in [5.41, 5.74) is 4.72. The molecule has 2 heteroatoms. The maximum atomic E-state index is 12.4. The Bertz CT molecular complexity index is 848. The largest absolute Gasteiger partial charge is 0.465 e. The number of benzene rings is 3. The summed E-state index contributed by atoms with van der Waals surface area (Å²) in [7, 11) is 1.43. The van der Waals surface area contributed by atoms with Crippen LogP contribution in [0.1, 0.15) is 21.5 Å². The number of hydrogen-bond acceptors (Lipinski definition) is 2. The van der Waals surface area contributed by atoms with Gasteiger partial charge in [0.2, 0.25) is 0 Å². The molecule has 0 atom stereocenters. The highest BCUT2D eigenvalue weighted by atomic mass is 16.5. The third-order valence-electron chi connectivity index (χ3n) is 4.19. The van der Waals surface area contributed by atoms with E-state index in [1.165, 1.54) is 12.5 Å². The molecule has 0 spiro atoms. The van der Waals surface area contributed by atoms with Gasteiger partial charge in [-0.15, -0.1) is 0 Å². The second kappa shape index (κ2) is 5.64. The normalized spacial score (nSPS) is 10.7. The van der Waals surface area contributed by atoms with Crippen LogP contribution in [-0.2, 0) is 4.74 Å². The first kappa shape index (κ1) is 14.3. The van der Waals surface area contributed by atoms with Gasteiger partial charge in [0.05, 0.1) is 12.7 Å². The molecule has 0 aliphatic carbocycles. The number of esters is 1. The number of fused-ring (bicyclic) bond motifs is 1. The minimum absolute atomic E-state index is 0.287. The van der Waals surface area contributed by atoms with E-state index in [-0.39, 0.29) is 5.97 Å². The van der Waals surface area contributed by atoms with Gasteiger partial charge in [-0.05, 0) is 46.9 Å². The summed E-state index contributed by atoms with van der Waals surface area (Å²) in [6, 6.07) is 18.2. The number of aryl methyl sites for hydroxylation is 2. The summed E-state index contributed by atoms with van der Waals surface area (Å²) in [4.78, 5) is 12.4.